The quantitative estimate of drug-likeness (QED) is 0.238. The van der Waals surface area contributed by atoms with Crippen LogP contribution in [-0.4, -0.2) is 66.1 Å². The van der Waals surface area contributed by atoms with Crippen LogP contribution >= 0.6 is 0 Å². The van der Waals surface area contributed by atoms with Gasteiger partial charge in [0.1, 0.15) is 6.61 Å². The van der Waals surface area contributed by atoms with Crippen molar-refractivity contribution in [1.29, 1.82) is 0 Å². The minimum absolute atomic E-state index is 0.259. The molecule has 1 aliphatic carbocycles. The van der Waals surface area contributed by atoms with Gasteiger partial charge in [0.2, 0.25) is 0 Å². The molecule has 1 fully saturated rings. The Hall–Kier alpha value is -1.52. The van der Waals surface area contributed by atoms with Crippen molar-refractivity contribution in [3.8, 4) is 0 Å². The van der Waals surface area contributed by atoms with Crippen LogP contribution in [0.4, 0.5) is 35.1 Å². The van der Waals surface area contributed by atoms with Crippen LogP contribution in [0.25, 0.3) is 0 Å². The fourth-order valence-corrected chi connectivity index (χ4v) is 3.07. The summed E-state index contributed by atoms with van der Waals surface area (Å²) >= 11 is 0. The van der Waals surface area contributed by atoms with E-state index in [1.807, 2.05) is 0 Å². The molecule has 0 spiro atoms. The Morgan fingerprint density at radius 2 is 1.43 bits per heavy atom. The number of hydrogen-bond acceptors (Lipinski definition) is 6. The summed E-state index contributed by atoms with van der Waals surface area (Å²) in [6.45, 7) is -0.367. The highest BCUT2D eigenvalue weighted by atomic mass is 32.2. The molecule has 0 bridgehead atoms. The summed E-state index contributed by atoms with van der Waals surface area (Å²) < 4.78 is 143. The molecule has 30 heavy (non-hydrogen) atoms. The third-order valence-electron chi connectivity index (χ3n) is 4.39. The Balaban J connectivity index is 3.03. The van der Waals surface area contributed by atoms with Gasteiger partial charge in [0, 0.05) is 0 Å². The van der Waals surface area contributed by atoms with Crippen molar-refractivity contribution < 1.29 is 67.5 Å². The maximum Gasteiger partial charge on any atom is 0.430 e. The van der Waals surface area contributed by atoms with E-state index in [9.17, 15) is 53.4 Å². The van der Waals surface area contributed by atoms with Crippen molar-refractivity contribution >= 4 is 16.1 Å². The second kappa shape index (κ2) is 8.20. The molecule has 0 aromatic rings. The van der Waals surface area contributed by atoms with E-state index in [-0.39, 0.29) is 12.8 Å². The van der Waals surface area contributed by atoms with Gasteiger partial charge >= 0.3 is 33.7 Å². The van der Waals surface area contributed by atoms with Crippen molar-refractivity contribution in [2.75, 3.05) is 13.2 Å². The van der Waals surface area contributed by atoms with Crippen molar-refractivity contribution in [3.63, 3.8) is 0 Å². The van der Waals surface area contributed by atoms with Gasteiger partial charge in [-0.2, -0.15) is 43.5 Å². The molecule has 176 valence electrons. The van der Waals surface area contributed by atoms with Crippen molar-refractivity contribution in [3.05, 3.63) is 12.2 Å². The number of hydrogen-bond donors (Lipinski definition) is 2. The molecule has 0 radical (unpaired) electrons. The minimum Gasteiger partial charge on any atom is -0.452 e. The summed E-state index contributed by atoms with van der Waals surface area (Å²) in [5.41, 5.74) is -9.92. The zero-order chi connectivity index (χ0) is 23.8. The fraction of sp³-hybridized carbons (Fsp3) is 0.786. The lowest BCUT2D eigenvalue weighted by Crippen LogP contribution is -2.71. The van der Waals surface area contributed by atoms with E-state index in [0.29, 0.717) is 0 Å². The maximum absolute atomic E-state index is 13.2. The van der Waals surface area contributed by atoms with Crippen LogP contribution in [0.15, 0.2) is 12.2 Å². The Kier molecular flexibility index (Phi) is 7.25. The van der Waals surface area contributed by atoms with Gasteiger partial charge in [-0.3, -0.25) is 4.55 Å². The maximum atomic E-state index is 13.2. The van der Waals surface area contributed by atoms with Crippen molar-refractivity contribution in [1.82, 2.24) is 0 Å². The van der Waals surface area contributed by atoms with Gasteiger partial charge in [-0.05, 0) is 25.7 Å². The molecule has 1 saturated carbocycles. The monoisotopic (exact) mass is 480 g/mol. The largest absolute Gasteiger partial charge is 0.452 e. The molecular formula is C14H16F8O7S. The molecule has 0 atom stereocenters. The molecule has 0 saturated heterocycles. The highest BCUT2D eigenvalue weighted by Crippen LogP contribution is 2.56. The predicted octanol–water partition coefficient (Wildman–Crippen LogP) is 2.75. The van der Waals surface area contributed by atoms with Crippen LogP contribution in [0.3, 0.4) is 0 Å². The average molecular weight is 480 g/mol. The lowest BCUT2D eigenvalue weighted by Gasteiger charge is -2.45. The number of halogens is 8. The number of alkyl halides is 8. The van der Waals surface area contributed by atoms with Crippen LogP contribution < -0.4 is 0 Å². The summed E-state index contributed by atoms with van der Waals surface area (Å²) in [5, 5.41) is 4.85. The highest BCUT2D eigenvalue weighted by molar-refractivity contribution is 7.86. The van der Waals surface area contributed by atoms with Gasteiger partial charge in [0.05, 0.1) is 12.2 Å². The van der Waals surface area contributed by atoms with Gasteiger partial charge in [-0.1, -0.05) is 6.58 Å². The van der Waals surface area contributed by atoms with E-state index >= 15 is 0 Å². The zero-order valence-electron chi connectivity index (χ0n) is 14.8. The Morgan fingerprint density at radius 3 is 1.80 bits per heavy atom. The number of carbonyl (C=O) groups excluding carboxylic acids is 1. The summed E-state index contributed by atoms with van der Waals surface area (Å²) in [5.74, 6) is -1.92. The van der Waals surface area contributed by atoms with Crippen molar-refractivity contribution in [2.45, 2.75) is 54.5 Å². The molecule has 0 unspecified atom stereocenters. The molecular weight excluding hydrogens is 464 g/mol. The van der Waals surface area contributed by atoms with Gasteiger partial charge in [-0.15, -0.1) is 0 Å². The normalized spacial score (nSPS) is 18.3. The number of ether oxygens (including phenoxy) is 2. The third kappa shape index (κ3) is 4.86. The van der Waals surface area contributed by atoms with E-state index in [0.717, 1.165) is 0 Å². The van der Waals surface area contributed by atoms with Gasteiger partial charge < -0.3 is 14.6 Å². The standard InChI is InChI=1S/C14H16F8O7S/c1-8(6-28-7-11(15,16)30(25,26)27)9(23)29-10(4-2-3-5-10)12(24,13(17,18)19)14(20,21)22/h24H,1-7H2,(H,25,26,27). The average Bonchev–Trinajstić information content (AvgIpc) is 3.00. The van der Waals surface area contributed by atoms with Crippen LogP contribution in [0.5, 0.6) is 0 Å². The fourth-order valence-electron chi connectivity index (χ4n) is 2.84. The summed E-state index contributed by atoms with van der Waals surface area (Å²) in [6.07, 6.45) is -15.1. The molecule has 0 heterocycles. The van der Waals surface area contributed by atoms with E-state index in [1.54, 1.807) is 0 Å². The molecule has 0 aromatic heterocycles. The van der Waals surface area contributed by atoms with E-state index < -0.39 is 76.5 Å². The summed E-state index contributed by atoms with van der Waals surface area (Å²) in [6, 6.07) is 0. The number of esters is 1. The van der Waals surface area contributed by atoms with Crippen LogP contribution in [0.1, 0.15) is 25.7 Å². The number of carbonyl (C=O) groups is 1. The van der Waals surface area contributed by atoms with Crippen molar-refractivity contribution in [2.24, 2.45) is 0 Å². The second-order valence-electron chi connectivity index (χ2n) is 6.51. The molecule has 1 rings (SSSR count). The van der Waals surface area contributed by atoms with E-state index in [4.69, 9.17) is 4.55 Å². The first-order valence-corrected chi connectivity index (χ1v) is 9.35. The number of aliphatic hydroxyl groups is 1. The van der Waals surface area contributed by atoms with Gasteiger partial charge in [0.25, 0.3) is 5.60 Å². The Bertz CT molecular complexity index is 752. The first kappa shape index (κ1) is 26.5. The third-order valence-corrected chi connectivity index (χ3v) is 5.26. The van der Waals surface area contributed by atoms with Gasteiger partial charge in [-0.25, -0.2) is 4.79 Å². The molecule has 2 N–H and O–H groups in total. The smallest absolute Gasteiger partial charge is 0.430 e. The second-order valence-corrected chi connectivity index (χ2v) is 8.05. The predicted molar refractivity (Wildman–Crippen MR) is 80.8 cm³/mol. The topological polar surface area (TPSA) is 110 Å². The van der Waals surface area contributed by atoms with E-state index in [1.165, 1.54) is 0 Å². The molecule has 0 amide bonds. The molecule has 1 aliphatic rings. The SMILES string of the molecule is C=C(COCC(F)(F)S(=O)(=O)O)C(=O)OC1(C(O)(C(F)(F)F)C(F)(F)F)CCCC1. The van der Waals surface area contributed by atoms with E-state index in [2.05, 4.69) is 16.1 Å². The Labute approximate surface area is 164 Å². The van der Waals surface area contributed by atoms with Crippen LogP contribution in [0.2, 0.25) is 0 Å². The molecule has 7 nitrogen and oxygen atoms in total. The first-order chi connectivity index (χ1) is 13.2. The molecule has 16 heteroatoms. The summed E-state index contributed by atoms with van der Waals surface area (Å²) in [7, 11) is -5.89. The molecule has 0 aliphatic heterocycles. The van der Waals surface area contributed by atoms with Gasteiger partial charge in [0.15, 0.2) is 5.60 Å². The molecule has 0 aromatic carbocycles. The minimum atomic E-state index is -6.29. The summed E-state index contributed by atoms with van der Waals surface area (Å²) in [4.78, 5) is 12.0. The highest BCUT2D eigenvalue weighted by Gasteiger charge is 2.81. The lowest BCUT2D eigenvalue weighted by atomic mass is 9.79. The lowest BCUT2D eigenvalue weighted by molar-refractivity contribution is -0.411. The van der Waals surface area contributed by atoms with Crippen LogP contribution in [-0.2, 0) is 24.4 Å². The zero-order valence-corrected chi connectivity index (χ0v) is 15.6. The van der Waals surface area contributed by atoms with Crippen LogP contribution in [0, 0.1) is 0 Å². The number of rotatable bonds is 8. The Morgan fingerprint density at radius 1 is 1.00 bits per heavy atom. The first-order valence-electron chi connectivity index (χ1n) is 7.91.